The Labute approximate surface area is 304 Å². The average molecular weight is 662 g/mol. The van der Waals surface area contributed by atoms with E-state index in [1.54, 1.807) is 0 Å². The molecule has 0 amide bonds. The van der Waals surface area contributed by atoms with Gasteiger partial charge in [-0.25, -0.2) is 0 Å². The predicted octanol–water partition coefficient (Wildman–Crippen LogP) is 13.7. The summed E-state index contributed by atoms with van der Waals surface area (Å²) < 4.78 is 2.48. The molecule has 0 spiro atoms. The highest BCUT2D eigenvalue weighted by Gasteiger charge is 2.32. The zero-order valence-electron chi connectivity index (χ0n) is 28.9. The summed E-state index contributed by atoms with van der Waals surface area (Å²) in [5.41, 5.74) is 19.2. The SMILES string of the molecule is CC1C=CC=C2c3c(n(-c4cccc(-c5cc(-c6ccccc6)c6c(c5-c5ccccc5)-c5cccc7cccc-6c57)c4)c4ccccc34)C=CC21. The van der Waals surface area contributed by atoms with Crippen molar-refractivity contribution in [3.05, 3.63) is 187 Å². The molecule has 3 aliphatic carbocycles. The molecule has 1 heteroatoms. The van der Waals surface area contributed by atoms with Crippen LogP contribution in [0.1, 0.15) is 18.2 Å². The molecule has 7 aromatic carbocycles. The molecule has 1 aromatic heterocycles. The van der Waals surface area contributed by atoms with E-state index in [4.69, 9.17) is 0 Å². The molecule has 0 saturated heterocycles. The van der Waals surface area contributed by atoms with Gasteiger partial charge in [0.1, 0.15) is 0 Å². The highest BCUT2D eigenvalue weighted by Crippen LogP contribution is 2.57. The van der Waals surface area contributed by atoms with Gasteiger partial charge in [0.2, 0.25) is 0 Å². The first-order valence-electron chi connectivity index (χ1n) is 18.4. The molecular formula is C51H35N. The second-order valence-corrected chi connectivity index (χ2v) is 14.5. The van der Waals surface area contributed by atoms with Crippen molar-refractivity contribution in [2.75, 3.05) is 0 Å². The van der Waals surface area contributed by atoms with Crippen LogP contribution in [0, 0.1) is 11.8 Å². The second-order valence-electron chi connectivity index (χ2n) is 14.5. The summed E-state index contributed by atoms with van der Waals surface area (Å²) in [6, 6.07) is 56.2. The summed E-state index contributed by atoms with van der Waals surface area (Å²) in [5.74, 6) is 0.870. The smallest absolute Gasteiger partial charge is 0.0541 e. The molecule has 0 N–H and O–H groups in total. The number of nitrogens with zero attached hydrogens (tertiary/aromatic N) is 1. The van der Waals surface area contributed by atoms with Crippen molar-refractivity contribution < 1.29 is 0 Å². The molecule has 11 rings (SSSR count). The summed E-state index contributed by atoms with van der Waals surface area (Å²) in [6.07, 6.45) is 11.7. The second kappa shape index (κ2) is 11.3. The molecule has 0 saturated carbocycles. The Bertz CT molecular complexity index is 2840. The lowest BCUT2D eigenvalue weighted by Gasteiger charge is -2.28. The van der Waals surface area contributed by atoms with Crippen molar-refractivity contribution in [1.29, 1.82) is 0 Å². The Balaban J connectivity index is 1.21. The van der Waals surface area contributed by atoms with Crippen molar-refractivity contribution in [1.82, 2.24) is 4.57 Å². The van der Waals surface area contributed by atoms with Crippen LogP contribution in [0.15, 0.2) is 176 Å². The summed E-state index contributed by atoms with van der Waals surface area (Å²) in [7, 11) is 0. The number of benzene rings is 7. The van der Waals surface area contributed by atoms with E-state index in [1.165, 1.54) is 99.8 Å². The minimum absolute atomic E-state index is 0.396. The van der Waals surface area contributed by atoms with Gasteiger partial charge in [0, 0.05) is 22.6 Å². The van der Waals surface area contributed by atoms with Crippen LogP contribution in [0.2, 0.25) is 0 Å². The fourth-order valence-corrected chi connectivity index (χ4v) is 9.35. The van der Waals surface area contributed by atoms with Gasteiger partial charge in [-0.15, -0.1) is 0 Å². The molecule has 0 bridgehead atoms. The first-order valence-corrected chi connectivity index (χ1v) is 18.4. The van der Waals surface area contributed by atoms with Gasteiger partial charge in [-0.05, 0) is 108 Å². The molecule has 0 fully saturated rings. The van der Waals surface area contributed by atoms with Crippen molar-refractivity contribution in [2.45, 2.75) is 6.92 Å². The number of fused-ring (bicyclic) bond motifs is 8. The maximum atomic E-state index is 2.48. The van der Waals surface area contributed by atoms with Gasteiger partial charge in [0.05, 0.1) is 11.2 Å². The third kappa shape index (κ3) is 4.17. The van der Waals surface area contributed by atoms with Crippen LogP contribution in [-0.4, -0.2) is 4.57 Å². The van der Waals surface area contributed by atoms with Gasteiger partial charge < -0.3 is 4.57 Å². The Hall–Kier alpha value is -6.44. The lowest BCUT2D eigenvalue weighted by molar-refractivity contribution is 0.620. The Morgan fingerprint density at radius 1 is 0.500 bits per heavy atom. The lowest BCUT2D eigenvalue weighted by Crippen LogP contribution is -2.15. The predicted molar refractivity (Wildman–Crippen MR) is 220 cm³/mol. The first kappa shape index (κ1) is 29.3. The lowest BCUT2D eigenvalue weighted by atomic mass is 9.76. The molecule has 52 heavy (non-hydrogen) atoms. The number of para-hydroxylation sites is 1. The molecule has 0 aliphatic heterocycles. The van der Waals surface area contributed by atoms with E-state index < -0.39 is 0 Å². The maximum Gasteiger partial charge on any atom is 0.0541 e. The zero-order valence-corrected chi connectivity index (χ0v) is 28.9. The topological polar surface area (TPSA) is 4.93 Å². The number of rotatable bonds is 4. The van der Waals surface area contributed by atoms with E-state index >= 15 is 0 Å². The van der Waals surface area contributed by atoms with Crippen LogP contribution < -0.4 is 0 Å². The largest absolute Gasteiger partial charge is 0.309 e. The van der Waals surface area contributed by atoms with Crippen LogP contribution in [0.25, 0.3) is 94.6 Å². The normalized spacial score (nSPS) is 16.5. The fourth-order valence-electron chi connectivity index (χ4n) is 9.35. The van der Waals surface area contributed by atoms with Crippen molar-refractivity contribution in [2.24, 2.45) is 11.8 Å². The molecule has 0 radical (unpaired) electrons. The molecule has 1 heterocycles. The van der Waals surface area contributed by atoms with Crippen LogP contribution >= 0.6 is 0 Å². The third-order valence-corrected chi connectivity index (χ3v) is 11.6. The van der Waals surface area contributed by atoms with E-state index in [2.05, 4.69) is 194 Å². The number of aromatic nitrogens is 1. The Morgan fingerprint density at radius 3 is 1.98 bits per heavy atom. The molecule has 8 aromatic rings. The van der Waals surface area contributed by atoms with Gasteiger partial charge in [-0.1, -0.05) is 159 Å². The Morgan fingerprint density at radius 2 is 1.17 bits per heavy atom. The molecule has 2 unspecified atom stereocenters. The minimum Gasteiger partial charge on any atom is -0.309 e. The van der Waals surface area contributed by atoms with E-state index in [-0.39, 0.29) is 0 Å². The monoisotopic (exact) mass is 661 g/mol. The van der Waals surface area contributed by atoms with Gasteiger partial charge in [0.25, 0.3) is 0 Å². The van der Waals surface area contributed by atoms with Crippen LogP contribution in [0.5, 0.6) is 0 Å². The van der Waals surface area contributed by atoms with Gasteiger partial charge in [-0.3, -0.25) is 0 Å². The quantitative estimate of drug-likeness (QED) is 0.177. The summed E-state index contributed by atoms with van der Waals surface area (Å²) >= 11 is 0. The Kier molecular flexibility index (Phi) is 6.36. The molecular weight excluding hydrogens is 627 g/mol. The fraction of sp³-hybridized carbons (Fsp3) is 0.0588. The van der Waals surface area contributed by atoms with Crippen LogP contribution in [0.3, 0.4) is 0 Å². The standard InChI is InChI=1S/C51H35N/c1-32-14-10-24-39-38(32)28-29-46-49(39)40-23-8-9-27-45(40)52(46)37-22-11-21-36(30-37)44-31-43(33-15-4-2-5-16-33)50-41-25-12-19-34-20-13-26-42(47(34)41)51(50)48(44)35-17-6-3-7-18-35/h2-32,38H,1H3. The van der Waals surface area contributed by atoms with Crippen molar-refractivity contribution in [3.8, 4) is 61.3 Å². The summed E-state index contributed by atoms with van der Waals surface area (Å²) in [4.78, 5) is 0. The summed E-state index contributed by atoms with van der Waals surface area (Å²) in [5, 5.41) is 3.94. The van der Waals surface area contributed by atoms with Crippen LogP contribution in [-0.2, 0) is 0 Å². The van der Waals surface area contributed by atoms with Gasteiger partial charge in [-0.2, -0.15) is 0 Å². The maximum absolute atomic E-state index is 2.48. The van der Waals surface area contributed by atoms with E-state index in [9.17, 15) is 0 Å². The minimum atomic E-state index is 0.396. The van der Waals surface area contributed by atoms with E-state index in [1.807, 2.05) is 0 Å². The number of hydrogen-bond acceptors (Lipinski definition) is 0. The average Bonchev–Trinajstić information content (AvgIpc) is 3.73. The van der Waals surface area contributed by atoms with Crippen molar-refractivity contribution in [3.63, 3.8) is 0 Å². The first-order chi connectivity index (χ1) is 25.7. The van der Waals surface area contributed by atoms with E-state index in [0.29, 0.717) is 11.8 Å². The highest BCUT2D eigenvalue weighted by molar-refractivity contribution is 6.22. The molecule has 244 valence electrons. The van der Waals surface area contributed by atoms with E-state index in [0.717, 1.165) is 0 Å². The van der Waals surface area contributed by atoms with Crippen LogP contribution in [0.4, 0.5) is 0 Å². The third-order valence-electron chi connectivity index (χ3n) is 11.6. The molecule has 1 nitrogen and oxygen atoms in total. The molecule has 3 aliphatic rings. The van der Waals surface area contributed by atoms with Gasteiger partial charge in [0.15, 0.2) is 0 Å². The van der Waals surface area contributed by atoms with Crippen molar-refractivity contribution >= 4 is 33.3 Å². The zero-order chi connectivity index (χ0) is 34.3. The van der Waals surface area contributed by atoms with Gasteiger partial charge >= 0.3 is 0 Å². The highest BCUT2D eigenvalue weighted by atomic mass is 15.0. The summed E-state index contributed by atoms with van der Waals surface area (Å²) in [6.45, 7) is 2.33. The number of allylic oxidation sites excluding steroid dienone is 5. The number of hydrogen-bond donors (Lipinski definition) is 0. The molecule has 2 atom stereocenters.